The average molecular weight is 337 g/mol. The zero-order chi connectivity index (χ0) is 14.2. The zero-order valence-corrected chi connectivity index (χ0v) is 14.0. The van der Waals surface area contributed by atoms with Crippen LogP contribution in [-0.4, -0.2) is 5.78 Å². The van der Waals surface area contributed by atoms with Gasteiger partial charge in [0, 0.05) is 14.9 Å². The summed E-state index contributed by atoms with van der Waals surface area (Å²) in [5.74, 6) is 0.115. The maximum absolute atomic E-state index is 12.7. The first-order valence-electron chi connectivity index (χ1n) is 6.21. The number of ketones is 1. The molecule has 0 saturated heterocycles. The maximum atomic E-state index is 12.7. The van der Waals surface area contributed by atoms with Gasteiger partial charge in [0.05, 0.1) is 4.88 Å². The predicted molar refractivity (Wildman–Crippen MR) is 85.3 cm³/mol. The second-order valence-electron chi connectivity index (χ2n) is 5.64. The first-order chi connectivity index (χ1) is 8.80. The molecule has 0 amide bonds. The van der Waals surface area contributed by atoms with E-state index in [4.69, 9.17) is 0 Å². The van der Waals surface area contributed by atoms with Gasteiger partial charge in [-0.25, -0.2) is 0 Å². The van der Waals surface area contributed by atoms with Crippen LogP contribution in [0.4, 0.5) is 0 Å². The molecule has 0 saturated carbocycles. The highest BCUT2D eigenvalue weighted by atomic mass is 79.9. The molecule has 100 valence electrons. The van der Waals surface area contributed by atoms with Gasteiger partial charge in [-0.3, -0.25) is 4.79 Å². The number of rotatable bonds is 2. The zero-order valence-electron chi connectivity index (χ0n) is 11.6. The van der Waals surface area contributed by atoms with E-state index in [2.05, 4.69) is 36.7 Å². The molecule has 0 spiro atoms. The Morgan fingerprint density at radius 3 is 2.37 bits per heavy atom. The largest absolute Gasteiger partial charge is 0.288 e. The molecule has 1 heterocycles. The molecule has 0 aliphatic rings. The Kier molecular flexibility index (Phi) is 3.98. The number of aryl methyl sites for hydroxylation is 1. The fourth-order valence-electron chi connectivity index (χ4n) is 2.04. The van der Waals surface area contributed by atoms with Gasteiger partial charge in [-0.15, -0.1) is 11.3 Å². The van der Waals surface area contributed by atoms with Gasteiger partial charge in [-0.2, -0.15) is 0 Å². The van der Waals surface area contributed by atoms with Gasteiger partial charge in [-0.1, -0.05) is 45.0 Å². The fourth-order valence-corrected chi connectivity index (χ4v) is 3.53. The van der Waals surface area contributed by atoms with Crippen LogP contribution in [-0.2, 0) is 5.41 Å². The summed E-state index contributed by atoms with van der Waals surface area (Å²) in [7, 11) is 0. The standard InChI is InChI=1S/C16H17BrOS/c1-10-13(17)9-14(19-10)15(18)11-7-5-6-8-12(11)16(2,3)4/h5-9H,1-4H3. The van der Waals surface area contributed by atoms with Crippen molar-refractivity contribution in [1.29, 1.82) is 0 Å². The molecule has 0 bridgehead atoms. The van der Waals surface area contributed by atoms with E-state index in [1.54, 1.807) is 11.3 Å². The van der Waals surface area contributed by atoms with Crippen LogP contribution in [0.15, 0.2) is 34.8 Å². The molecule has 0 aliphatic carbocycles. The third-order valence-corrected chi connectivity index (χ3v) is 5.20. The summed E-state index contributed by atoms with van der Waals surface area (Å²) in [6, 6.07) is 9.81. The van der Waals surface area contributed by atoms with E-state index in [0.29, 0.717) is 0 Å². The first-order valence-corrected chi connectivity index (χ1v) is 7.82. The number of thiophene rings is 1. The molecule has 1 nitrogen and oxygen atoms in total. The summed E-state index contributed by atoms with van der Waals surface area (Å²) >= 11 is 5.01. The molecule has 0 radical (unpaired) electrons. The van der Waals surface area contributed by atoms with Crippen LogP contribution in [0, 0.1) is 6.92 Å². The summed E-state index contributed by atoms with van der Waals surface area (Å²) < 4.78 is 1.01. The molecule has 1 aromatic carbocycles. The Balaban J connectivity index is 2.51. The van der Waals surface area contributed by atoms with Gasteiger partial charge in [0.25, 0.3) is 0 Å². The van der Waals surface area contributed by atoms with Crippen LogP contribution in [0.2, 0.25) is 0 Å². The van der Waals surface area contributed by atoms with Gasteiger partial charge >= 0.3 is 0 Å². The Hall–Kier alpha value is -0.930. The highest BCUT2D eigenvalue weighted by Crippen LogP contribution is 2.31. The van der Waals surface area contributed by atoms with E-state index in [0.717, 1.165) is 25.4 Å². The summed E-state index contributed by atoms with van der Waals surface area (Å²) in [6.07, 6.45) is 0. The summed E-state index contributed by atoms with van der Waals surface area (Å²) in [5.41, 5.74) is 1.88. The van der Waals surface area contributed by atoms with Gasteiger partial charge in [0.15, 0.2) is 0 Å². The number of benzene rings is 1. The lowest BCUT2D eigenvalue weighted by Crippen LogP contribution is -2.16. The minimum absolute atomic E-state index is 0.0320. The van der Waals surface area contributed by atoms with Crippen LogP contribution >= 0.6 is 27.3 Å². The van der Waals surface area contributed by atoms with Crippen molar-refractivity contribution < 1.29 is 4.79 Å². The highest BCUT2D eigenvalue weighted by Gasteiger charge is 2.23. The van der Waals surface area contributed by atoms with Crippen molar-refractivity contribution in [2.24, 2.45) is 0 Å². The molecular formula is C16H17BrOS. The predicted octanol–water partition coefficient (Wildman–Crippen LogP) is 5.35. The normalized spacial score (nSPS) is 11.6. The highest BCUT2D eigenvalue weighted by molar-refractivity contribution is 9.10. The molecule has 2 rings (SSSR count). The molecule has 3 heteroatoms. The lowest BCUT2D eigenvalue weighted by atomic mass is 9.82. The third kappa shape index (κ3) is 2.98. The van der Waals surface area contributed by atoms with E-state index in [9.17, 15) is 4.79 Å². The van der Waals surface area contributed by atoms with E-state index in [-0.39, 0.29) is 11.2 Å². The summed E-state index contributed by atoms with van der Waals surface area (Å²) in [4.78, 5) is 14.6. The van der Waals surface area contributed by atoms with Crippen molar-refractivity contribution >= 4 is 33.0 Å². The lowest BCUT2D eigenvalue weighted by molar-refractivity contribution is 0.104. The number of halogens is 1. The topological polar surface area (TPSA) is 17.1 Å². The monoisotopic (exact) mass is 336 g/mol. The van der Waals surface area contributed by atoms with Crippen LogP contribution in [0.1, 0.15) is 46.4 Å². The van der Waals surface area contributed by atoms with Crippen LogP contribution in [0.3, 0.4) is 0 Å². The number of hydrogen-bond donors (Lipinski definition) is 0. The van der Waals surface area contributed by atoms with Crippen molar-refractivity contribution in [2.45, 2.75) is 33.1 Å². The van der Waals surface area contributed by atoms with Gasteiger partial charge in [0.1, 0.15) is 0 Å². The third-order valence-electron chi connectivity index (χ3n) is 3.06. The summed E-state index contributed by atoms with van der Waals surface area (Å²) in [6.45, 7) is 8.42. The van der Waals surface area contributed by atoms with E-state index in [1.165, 1.54) is 0 Å². The molecular weight excluding hydrogens is 320 g/mol. The molecule has 0 N–H and O–H groups in total. The van der Waals surface area contributed by atoms with Crippen LogP contribution in [0.25, 0.3) is 0 Å². The van der Waals surface area contributed by atoms with Gasteiger partial charge in [0.2, 0.25) is 5.78 Å². The van der Waals surface area contributed by atoms with E-state index >= 15 is 0 Å². The van der Waals surface area contributed by atoms with Crippen LogP contribution < -0.4 is 0 Å². The molecule has 0 fully saturated rings. The Bertz CT molecular complexity index is 600. The number of carbonyl (C=O) groups excluding carboxylic acids is 1. The quantitative estimate of drug-likeness (QED) is 0.675. The van der Waals surface area contributed by atoms with E-state index < -0.39 is 0 Å². The van der Waals surface area contributed by atoms with Crippen molar-refractivity contribution in [3.05, 3.63) is 55.7 Å². The molecule has 19 heavy (non-hydrogen) atoms. The number of hydrogen-bond acceptors (Lipinski definition) is 2. The first kappa shape index (κ1) is 14.5. The Labute approximate surface area is 126 Å². The van der Waals surface area contributed by atoms with Crippen LogP contribution in [0.5, 0.6) is 0 Å². The van der Waals surface area contributed by atoms with E-state index in [1.807, 2.05) is 37.3 Å². The molecule has 2 aromatic rings. The molecule has 1 aromatic heterocycles. The molecule has 0 aliphatic heterocycles. The second-order valence-corrected chi connectivity index (χ2v) is 7.75. The second kappa shape index (κ2) is 5.22. The number of carbonyl (C=O) groups is 1. The minimum atomic E-state index is -0.0320. The van der Waals surface area contributed by atoms with Gasteiger partial charge < -0.3 is 0 Å². The van der Waals surface area contributed by atoms with Gasteiger partial charge in [-0.05, 0) is 39.9 Å². The molecule has 0 atom stereocenters. The van der Waals surface area contributed by atoms with Crippen molar-refractivity contribution in [1.82, 2.24) is 0 Å². The molecule has 0 unspecified atom stereocenters. The van der Waals surface area contributed by atoms with Crippen molar-refractivity contribution in [3.8, 4) is 0 Å². The lowest BCUT2D eigenvalue weighted by Gasteiger charge is -2.22. The minimum Gasteiger partial charge on any atom is -0.288 e. The smallest absolute Gasteiger partial charge is 0.203 e. The Morgan fingerprint density at radius 2 is 1.84 bits per heavy atom. The van der Waals surface area contributed by atoms with Crippen molar-refractivity contribution in [2.75, 3.05) is 0 Å². The maximum Gasteiger partial charge on any atom is 0.203 e. The average Bonchev–Trinajstić information content (AvgIpc) is 2.68. The van der Waals surface area contributed by atoms with Crippen molar-refractivity contribution in [3.63, 3.8) is 0 Å². The summed E-state index contributed by atoms with van der Waals surface area (Å²) in [5, 5.41) is 0. The SMILES string of the molecule is Cc1sc(C(=O)c2ccccc2C(C)(C)C)cc1Br. The Morgan fingerprint density at radius 1 is 1.21 bits per heavy atom. The fraction of sp³-hybridized carbons (Fsp3) is 0.312.